The van der Waals surface area contributed by atoms with Crippen LogP contribution in [0.4, 0.5) is 4.79 Å². The lowest BCUT2D eigenvalue weighted by molar-refractivity contribution is -0.121. The fourth-order valence-electron chi connectivity index (χ4n) is 2.26. The van der Waals surface area contributed by atoms with Gasteiger partial charge in [-0.3, -0.25) is 9.69 Å². The lowest BCUT2D eigenvalue weighted by atomic mass is 10.2. The van der Waals surface area contributed by atoms with E-state index in [0.29, 0.717) is 6.61 Å². The summed E-state index contributed by atoms with van der Waals surface area (Å²) in [5.74, 6) is 0.444. The maximum Gasteiger partial charge on any atom is 0.328 e. The molecule has 1 heterocycles. The van der Waals surface area contributed by atoms with Gasteiger partial charge in [0.15, 0.2) is 0 Å². The summed E-state index contributed by atoms with van der Waals surface area (Å²) in [4.78, 5) is 24.4. The number of carbonyl (C=O) groups excluding carboxylic acids is 2. The van der Waals surface area contributed by atoms with E-state index in [9.17, 15) is 9.59 Å². The van der Waals surface area contributed by atoms with E-state index >= 15 is 0 Å². The molecule has 0 aromatic heterocycles. The molecule has 5 nitrogen and oxygen atoms in total. The van der Waals surface area contributed by atoms with Crippen LogP contribution >= 0.6 is 45.2 Å². The average molecular weight is 560 g/mol. The van der Waals surface area contributed by atoms with E-state index in [0.717, 1.165) is 25.3 Å². The van der Waals surface area contributed by atoms with Crippen molar-refractivity contribution in [3.05, 3.63) is 66.4 Å². The van der Waals surface area contributed by atoms with E-state index < -0.39 is 6.03 Å². The minimum atomic E-state index is -0.413. The molecule has 128 valence electrons. The van der Waals surface area contributed by atoms with Gasteiger partial charge in [0.05, 0.1) is 3.57 Å². The predicted octanol–water partition coefficient (Wildman–Crippen LogP) is 4.00. The Hall–Kier alpha value is -1.62. The highest BCUT2D eigenvalue weighted by Crippen LogP contribution is 2.25. The Kier molecular flexibility index (Phi) is 5.62. The Bertz CT molecular complexity index is 863. The van der Waals surface area contributed by atoms with E-state index in [1.54, 1.807) is 6.08 Å². The number of amides is 3. The number of urea groups is 1. The monoisotopic (exact) mass is 560 g/mol. The van der Waals surface area contributed by atoms with Gasteiger partial charge in [-0.25, -0.2) is 4.79 Å². The molecule has 0 spiro atoms. The molecule has 25 heavy (non-hydrogen) atoms. The largest absolute Gasteiger partial charge is 0.488 e. The van der Waals surface area contributed by atoms with Gasteiger partial charge in [0.2, 0.25) is 0 Å². The molecule has 2 aromatic carbocycles. The molecular weight excluding hydrogens is 546 g/mol. The first kappa shape index (κ1) is 18.2. The number of nitrogens with zero attached hydrogens (tertiary/aromatic N) is 1. The van der Waals surface area contributed by atoms with Crippen molar-refractivity contribution < 1.29 is 14.3 Å². The molecule has 0 radical (unpaired) electrons. The van der Waals surface area contributed by atoms with Crippen molar-refractivity contribution >= 4 is 63.2 Å². The van der Waals surface area contributed by atoms with Crippen molar-refractivity contribution in [1.29, 1.82) is 0 Å². The van der Waals surface area contributed by atoms with E-state index in [1.165, 1.54) is 10.6 Å². The van der Waals surface area contributed by atoms with Crippen molar-refractivity contribution in [2.24, 2.45) is 0 Å². The second-order valence-corrected chi connectivity index (χ2v) is 7.87. The van der Waals surface area contributed by atoms with Crippen LogP contribution in [0.2, 0.25) is 0 Å². The van der Waals surface area contributed by atoms with Crippen molar-refractivity contribution in [3.8, 4) is 5.75 Å². The first-order valence-electron chi connectivity index (χ1n) is 7.41. The number of likely N-dealkylation sites (N-methyl/N-ethyl adjacent to an activating group) is 1. The Morgan fingerprint density at radius 3 is 2.44 bits per heavy atom. The van der Waals surface area contributed by atoms with Gasteiger partial charge in [0, 0.05) is 10.6 Å². The molecule has 1 aliphatic heterocycles. The quantitative estimate of drug-likeness (QED) is 0.350. The number of ether oxygens (including phenoxy) is 1. The highest BCUT2D eigenvalue weighted by atomic mass is 127. The minimum Gasteiger partial charge on any atom is -0.488 e. The van der Waals surface area contributed by atoms with Gasteiger partial charge in [-0.15, -0.1) is 0 Å². The van der Waals surface area contributed by atoms with Crippen LogP contribution in [0.25, 0.3) is 6.08 Å². The molecule has 1 fully saturated rings. The third kappa shape index (κ3) is 4.32. The number of carbonyl (C=O) groups is 2. The van der Waals surface area contributed by atoms with E-state index in [-0.39, 0.29) is 11.6 Å². The molecule has 2 aromatic rings. The van der Waals surface area contributed by atoms with Gasteiger partial charge < -0.3 is 10.1 Å². The molecular formula is C18H14I2N2O3. The fourth-order valence-corrected chi connectivity index (χ4v) is 3.31. The Morgan fingerprint density at radius 2 is 1.84 bits per heavy atom. The number of hydrogen-bond donors (Lipinski definition) is 1. The van der Waals surface area contributed by atoms with Gasteiger partial charge in [-0.2, -0.15) is 0 Å². The van der Waals surface area contributed by atoms with Gasteiger partial charge in [0.1, 0.15) is 18.1 Å². The molecule has 1 aliphatic rings. The van der Waals surface area contributed by atoms with E-state index in [1.807, 2.05) is 42.5 Å². The summed E-state index contributed by atoms with van der Waals surface area (Å²) >= 11 is 4.46. The van der Waals surface area contributed by atoms with Gasteiger partial charge >= 0.3 is 6.03 Å². The maximum absolute atomic E-state index is 11.9. The summed E-state index contributed by atoms with van der Waals surface area (Å²) in [6.45, 7) is 0.493. The van der Waals surface area contributed by atoms with E-state index in [2.05, 4.69) is 50.5 Å². The smallest absolute Gasteiger partial charge is 0.328 e. The average Bonchev–Trinajstić information content (AvgIpc) is 2.83. The number of imide groups is 1. The molecule has 3 amide bonds. The predicted molar refractivity (Wildman–Crippen MR) is 112 cm³/mol. The Morgan fingerprint density at radius 1 is 1.12 bits per heavy atom. The first-order chi connectivity index (χ1) is 11.9. The van der Waals surface area contributed by atoms with Gasteiger partial charge in [-0.05, 0) is 86.7 Å². The van der Waals surface area contributed by atoms with Crippen LogP contribution in [0.15, 0.2) is 48.2 Å². The van der Waals surface area contributed by atoms with Crippen LogP contribution < -0.4 is 10.1 Å². The number of hydrogen-bond acceptors (Lipinski definition) is 3. The SMILES string of the molecule is CN1C(=O)N/C(=C/c2ccc(OCc3ccc(I)cc3)c(I)c2)C1=O. The topological polar surface area (TPSA) is 58.6 Å². The lowest BCUT2D eigenvalue weighted by Crippen LogP contribution is -2.25. The molecule has 0 bridgehead atoms. The maximum atomic E-state index is 11.9. The number of rotatable bonds is 4. The van der Waals surface area contributed by atoms with Crippen LogP contribution in [0.5, 0.6) is 5.75 Å². The molecule has 0 unspecified atom stereocenters. The molecule has 0 saturated carbocycles. The fraction of sp³-hybridized carbons (Fsp3) is 0.111. The second-order valence-electron chi connectivity index (χ2n) is 5.46. The third-order valence-electron chi connectivity index (χ3n) is 3.66. The zero-order chi connectivity index (χ0) is 18.0. The van der Waals surface area contributed by atoms with Crippen molar-refractivity contribution in [2.75, 3.05) is 7.05 Å². The van der Waals surface area contributed by atoms with Gasteiger partial charge in [-0.1, -0.05) is 18.2 Å². The zero-order valence-electron chi connectivity index (χ0n) is 13.3. The third-order valence-corrected chi connectivity index (χ3v) is 5.22. The van der Waals surface area contributed by atoms with E-state index in [4.69, 9.17) is 4.74 Å². The molecule has 3 rings (SSSR count). The number of nitrogens with one attached hydrogen (secondary N) is 1. The molecule has 1 saturated heterocycles. The molecule has 7 heteroatoms. The van der Waals surface area contributed by atoms with Crippen LogP contribution in [0, 0.1) is 7.14 Å². The zero-order valence-corrected chi connectivity index (χ0v) is 17.6. The summed E-state index contributed by atoms with van der Waals surface area (Å²) in [6, 6.07) is 13.4. The normalized spacial score (nSPS) is 15.6. The van der Waals surface area contributed by atoms with Crippen LogP contribution in [0.1, 0.15) is 11.1 Å². The summed E-state index contributed by atoms with van der Waals surface area (Å²) in [5, 5.41) is 2.55. The van der Waals surface area contributed by atoms with Crippen molar-refractivity contribution in [1.82, 2.24) is 10.2 Å². The number of halogens is 2. The van der Waals surface area contributed by atoms with Gasteiger partial charge in [0.25, 0.3) is 5.91 Å². The lowest BCUT2D eigenvalue weighted by Gasteiger charge is -2.09. The molecule has 0 aliphatic carbocycles. The molecule has 1 N–H and O–H groups in total. The standard InChI is InChI=1S/C18H14I2N2O3/c1-22-17(23)15(21-18(22)24)9-12-4-7-16(14(20)8-12)25-10-11-2-5-13(19)6-3-11/h2-9H,10H2,1H3,(H,21,24)/b15-9+. The summed E-state index contributed by atoms with van der Waals surface area (Å²) in [6.07, 6.45) is 1.66. The minimum absolute atomic E-state index is 0.274. The highest BCUT2D eigenvalue weighted by molar-refractivity contribution is 14.1. The molecule has 0 atom stereocenters. The first-order valence-corrected chi connectivity index (χ1v) is 9.57. The number of benzene rings is 2. The summed E-state index contributed by atoms with van der Waals surface area (Å²) < 4.78 is 7.99. The summed E-state index contributed by atoms with van der Waals surface area (Å²) in [5.41, 5.74) is 2.20. The van der Waals surface area contributed by atoms with Crippen LogP contribution in [-0.4, -0.2) is 23.9 Å². The van der Waals surface area contributed by atoms with Crippen molar-refractivity contribution in [3.63, 3.8) is 0 Å². The second kappa shape index (κ2) is 7.73. The van der Waals surface area contributed by atoms with Crippen LogP contribution in [-0.2, 0) is 11.4 Å². The Balaban J connectivity index is 1.72. The Labute approximate surface area is 172 Å². The summed E-state index contributed by atoms with van der Waals surface area (Å²) in [7, 11) is 1.45. The van der Waals surface area contributed by atoms with Crippen LogP contribution in [0.3, 0.4) is 0 Å². The van der Waals surface area contributed by atoms with Crippen molar-refractivity contribution in [2.45, 2.75) is 6.61 Å². The highest BCUT2D eigenvalue weighted by Gasteiger charge is 2.29.